The Kier molecular flexibility index (Phi) is 5.68. The number of carbonyl (C=O) groups is 2. The van der Waals surface area contributed by atoms with Gasteiger partial charge in [-0.25, -0.2) is 0 Å². The molecule has 2 N–H and O–H groups in total. The Balaban J connectivity index is 1.69. The highest BCUT2D eigenvalue weighted by atomic mass is 35.5. The molecule has 1 aliphatic rings. The molecule has 1 fully saturated rings. The fourth-order valence-corrected chi connectivity index (χ4v) is 2.91. The Morgan fingerprint density at radius 1 is 1.12 bits per heavy atom. The van der Waals surface area contributed by atoms with E-state index in [4.69, 9.17) is 16.3 Å². The fraction of sp³-hybridized carbons (Fsp3) is 0.263. The molecule has 0 unspecified atom stereocenters. The van der Waals surface area contributed by atoms with Crippen LogP contribution in [-0.2, 0) is 4.74 Å². The van der Waals surface area contributed by atoms with Crippen LogP contribution in [0.15, 0.2) is 48.5 Å². The topological polar surface area (TPSA) is 67.4 Å². The Labute approximate surface area is 151 Å². The van der Waals surface area contributed by atoms with Crippen molar-refractivity contribution in [3.63, 3.8) is 0 Å². The summed E-state index contributed by atoms with van der Waals surface area (Å²) in [6.45, 7) is 1.21. The zero-order chi connectivity index (χ0) is 17.6. The van der Waals surface area contributed by atoms with Crippen LogP contribution in [0.5, 0.6) is 0 Å². The van der Waals surface area contributed by atoms with Crippen molar-refractivity contribution in [1.82, 2.24) is 5.32 Å². The largest absolute Gasteiger partial charge is 0.376 e. The minimum atomic E-state index is -0.318. The predicted molar refractivity (Wildman–Crippen MR) is 97.2 cm³/mol. The van der Waals surface area contributed by atoms with Crippen LogP contribution in [0.25, 0.3) is 0 Å². The molecular formula is C19H19ClN2O3. The lowest BCUT2D eigenvalue weighted by atomic mass is 10.1. The second kappa shape index (κ2) is 8.14. The summed E-state index contributed by atoms with van der Waals surface area (Å²) in [5.41, 5.74) is 1.30. The van der Waals surface area contributed by atoms with Gasteiger partial charge in [0, 0.05) is 23.7 Å². The first kappa shape index (κ1) is 17.5. The average Bonchev–Trinajstić information content (AvgIpc) is 3.13. The molecule has 6 heteroatoms. The molecule has 1 heterocycles. The minimum Gasteiger partial charge on any atom is -0.376 e. The van der Waals surface area contributed by atoms with Gasteiger partial charge < -0.3 is 15.4 Å². The van der Waals surface area contributed by atoms with Gasteiger partial charge in [0.05, 0.1) is 17.4 Å². The van der Waals surface area contributed by atoms with Crippen LogP contribution in [0.4, 0.5) is 5.69 Å². The Morgan fingerprint density at radius 3 is 2.72 bits per heavy atom. The number of anilines is 1. The lowest BCUT2D eigenvalue weighted by molar-refractivity contribution is 0.0858. The van der Waals surface area contributed by atoms with Gasteiger partial charge in [0.1, 0.15) is 0 Å². The van der Waals surface area contributed by atoms with Crippen LogP contribution in [0, 0.1) is 0 Å². The van der Waals surface area contributed by atoms with E-state index in [-0.39, 0.29) is 17.9 Å². The number of para-hydroxylation sites is 1. The quantitative estimate of drug-likeness (QED) is 0.859. The highest BCUT2D eigenvalue weighted by molar-refractivity contribution is 6.31. The third kappa shape index (κ3) is 4.59. The zero-order valence-electron chi connectivity index (χ0n) is 13.6. The van der Waals surface area contributed by atoms with Gasteiger partial charge in [-0.3, -0.25) is 9.59 Å². The monoisotopic (exact) mass is 358 g/mol. The number of ether oxygens (including phenoxy) is 1. The molecule has 0 aromatic heterocycles. The smallest absolute Gasteiger partial charge is 0.255 e. The van der Waals surface area contributed by atoms with E-state index >= 15 is 0 Å². The molecule has 0 bridgehead atoms. The maximum Gasteiger partial charge on any atom is 0.255 e. The number of rotatable bonds is 5. The molecule has 1 aliphatic heterocycles. The number of benzene rings is 2. The van der Waals surface area contributed by atoms with E-state index in [1.54, 1.807) is 48.5 Å². The molecule has 130 valence electrons. The number of carbonyl (C=O) groups excluding carboxylic acids is 2. The van der Waals surface area contributed by atoms with Crippen molar-refractivity contribution in [3.05, 3.63) is 64.7 Å². The summed E-state index contributed by atoms with van der Waals surface area (Å²) in [6, 6.07) is 13.6. The van der Waals surface area contributed by atoms with Gasteiger partial charge in [0.25, 0.3) is 11.8 Å². The molecular weight excluding hydrogens is 340 g/mol. The standard InChI is InChI=1S/C19H19ClN2O3/c20-14-6-3-5-13(11-14)18(23)22-17-9-2-1-8-16(17)19(24)21-12-15-7-4-10-25-15/h1-3,5-6,8-9,11,15H,4,7,10,12H2,(H,21,24)(H,22,23)/t15-/m0/s1. The third-order valence-corrected chi connectivity index (χ3v) is 4.26. The van der Waals surface area contributed by atoms with E-state index in [1.807, 2.05) is 0 Å². The lowest BCUT2D eigenvalue weighted by Crippen LogP contribution is -2.32. The maximum atomic E-state index is 12.5. The summed E-state index contributed by atoms with van der Waals surface area (Å²) >= 11 is 5.92. The van der Waals surface area contributed by atoms with Gasteiger partial charge in [-0.1, -0.05) is 29.8 Å². The van der Waals surface area contributed by atoms with Crippen molar-refractivity contribution >= 4 is 29.1 Å². The van der Waals surface area contributed by atoms with Crippen LogP contribution < -0.4 is 10.6 Å². The SMILES string of the molecule is O=C(Nc1ccccc1C(=O)NC[C@@H]1CCCO1)c1cccc(Cl)c1. The molecule has 1 saturated heterocycles. The molecule has 0 aliphatic carbocycles. The molecule has 0 radical (unpaired) electrons. The Morgan fingerprint density at radius 2 is 1.96 bits per heavy atom. The van der Waals surface area contributed by atoms with Gasteiger partial charge >= 0.3 is 0 Å². The van der Waals surface area contributed by atoms with Crippen molar-refractivity contribution in [2.75, 3.05) is 18.5 Å². The second-order valence-corrected chi connectivity index (χ2v) is 6.29. The Hall–Kier alpha value is -2.37. The molecule has 0 saturated carbocycles. The summed E-state index contributed by atoms with van der Waals surface area (Å²) < 4.78 is 5.51. The summed E-state index contributed by atoms with van der Waals surface area (Å²) in [6.07, 6.45) is 2.04. The molecule has 0 spiro atoms. The molecule has 25 heavy (non-hydrogen) atoms. The molecule has 2 aromatic rings. The first-order valence-corrected chi connectivity index (χ1v) is 8.57. The molecule has 3 rings (SSSR count). The number of hydrogen-bond donors (Lipinski definition) is 2. The molecule has 2 amide bonds. The van der Waals surface area contributed by atoms with Crippen molar-refractivity contribution < 1.29 is 14.3 Å². The van der Waals surface area contributed by atoms with Crippen molar-refractivity contribution in [1.29, 1.82) is 0 Å². The van der Waals surface area contributed by atoms with E-state index in [9.17, 15) is 9.59 Å². The molecule has 2 aromatic carbocycles. The number of amides is 2. The minimum absolute atomic E-state index is 0.0668. The van der Waals surface area contributed by atoms with Crippen molar-refractivity contribution in [2.24, 2.45) is 0 Å². The summed E-state index contributed by atoms with van der Waals surface area (Å²) in [4.78, 5) is 24.8. The van der Waals surface area contributed by atoms with E-state index in [0.717, 1.165) is 19.4 Å². The highest BCUT2D eigenvalue weighted by Crippen LogP contribution is 2.18. The van der Waals surface area contributed by atoms with Crippen LogP contribution >= 0.6 is 11.6 Å². The van der Waals surface area contributed by atoms with E-state index in [0.29, 0.717) is 28.4 Å². The average molecular weight is 359 g/mol. The number of halogens is 1. The zero-order valence-corrected chi connectivity index (χ0v) is 14.4. The van der Waals surface area contributed by atoms with Gasteiger partial charge in [0.2, 0.25) is 0 Å². The Bertz CT molecular complexity index is 773. The van der Waals surface area contributed by atoms with Crippen LogP contribution in [0.2, 0.25) is 5.02 Å². The molecule has 5 nitrogen and oxygen atoms in total. The van der Waals surface area contributed by atoms with Crippen molar-refractivity contribution in [2.45, 2.75) is 18.9 Å². The van der Waals surface area contributed by atoms with Crippen molar-refractivity contribution in [3.8, 4) is 0 Å². The van der Waals surface area contributed by atoms with Crippen LogP contribution in [0.3, 0.4) is 0 Å². The van der Waals surface area contributed by atoms with Gasteiger partial charge in [-0.15, -0.1) is 0 Å². The van der Waals surface area contributed by atoms with E-state index in [2.05, 4.69) is 10.6 Å². The number of hydrogen-bond acceptors (Lipinski definition) is 3. The first-order chi connectivity index (χ1) is 12.1. The first-order valence-electron chi connectivity index (χ1n) is 8.19. The fourth-order valence-electron chi connectivity index (χ4n) is 2.72. The maximum absolute atomic E-state index is 12.5. The lowest BCUT2D eigenvalue weighted by Gasteiger charge is -2.14. The summed E-state index contributed by atoms with van der Waals surface area (Å²) in [7, 11) is 0. The second-order valence-electron chi connectivity index (χ2n) is 5.86. The third-order valence-electron chi connectivity index (χ3n) is 4.02. The van der Waals surface area contributed by atoms with Crippen LogP contribution in [-0.4, -0.2) is 31.1 Å². The van der Waals surface area contributed by atoms with Gasteiger partial charge in [0.15, 0.2) is 0 Å². The van der Waals surface area contributed by atoms with Gasteiger partial charge in [-0.2, -0.15) is 0 Å². The van der Waals surface area contributed by atoms with Crippen LogP contribution in [0.1, 0.15) is 33.6 Å². The van der Waals surface area contributed by atoms with E-state index < -0.39 is 0 Å². The van der Waals surface area contributed by atoms with E-state index in [1.165, 1.54) is 0 Å². The van der Waals surface area contributed by atoms with Gasteiger partial charge in [-0.05, 0) is 43.2 Å². The predicted octanol–water partition coefficient (Wildman–Crippen LogP) is 3.50. The summed E-state index contributed by atoms with van der Waals surface area (Å²) in [5, 5.41) is 6.12. The summed E-state index contributed by atoms with van der Waals surface area (Å²) in [5.74, 6) is -0.556. The highest BCUT2D eigenvalue weighted by Gasteiger charge is 2.18. The normalized spacial score (nSPS) is 16.4. The number of nitrogens with one attached hydrogen (secondary N) is 2. The molecule has 1 atom stereocenters.